The van der Waals surface area contributed by atoms with Gasteiger partial charge >= 0.3 is 18.1 Å². The predicted octanol–water partition coefficient (Wildman–Crippen LogP) is 1.96. The van der Waals surface area contributed by atoms with Gasteiger partial charge in [-0.1, -0.05) is 6.92 Å². The zero-order valence-corrected chi connectivity index (χ0v) is 10.5. The fraction of sp³-hybridized carbons (Fsp3) is 0.846. The van der Waals surface area contributed by atoms with Crippen LogP contribution in [0.3, 0.4) is 0 Å². The van der Waals surface area contributed by atoms with Gasteiger partial charge in [-0.2, -0.15) is 0 Å². The van der Waals surface area contributed by atoms with Crippen LogP contribution in [-0.4, -0.2) is 29.8 Å². The third-order valence-corrected chi connectivity index (χ3v) is 5.86. The van der Waals surface area contributed by atoms with E-state index in [4.69, 9.17) is 18.9 Å². The Hall–Kier alpha value is -1.46. The molecule has 102 valence electrons. The summed E-state index contributed by atoms with van der Waals surface area (Å²) in [4.78, 5) is 22.9. The van der Waals surface area contributed by atoms with Crippen molar-refractivity contribution in [3.05, 3.63) is 0 Å². The average Bonchev–Trinajstić information content (AvgIpc) is 2.60. The number of hydrogen-bond acceptors (Lipinski definition) is 6. The third kappa shape index (κ3) is 0.839. The van der Waals surface area contributed by atoms with Crippen LogP contribution in [0.4, 0.5) is 9.59 Å². The molecule has 0 aromatic rings. The van der Waals surface area contributed by atoms with Gasteiger partial charge in [-0.3, -0.25) is 0 Å². The molecule has 0 aromatic carbocycles. The highest BCUT2D eigenvalue weighted by Gasteiger charge is 2.87. The van der Waals surface area contributed by atoms with Crippen molar-refractivity contribution in [2.45, 2.75) is 50.1 Å². The van der Waals surface area contributed by atoms with Crippen molar-refractivity contribution in [1.82, 2.24) is 0 Å². The van der Waals surface area contributed by atoms with Gasteiger partial charge < -0.3 is 18.9 Å². The van der Waals surface area contributed by atoms with E-state index in [-0.39, 0.29) is 17.4 Å². The summed E-state index contributed by atoms with van der Waals surface area (Å²) in [5.41, 5.74) is -1.20. The molecule has 5 atom stereocenters. The highest BCUT2D eigenvalue weighted by atomic mass is 16.9. The normalized spacial score (nSPS) is 54.9. The van der Waals surface area contributed by atoms with E-state index in [2.05, 4.69) is 6.92 Å². The summed E-state index contributed by atoms with van der Waals surface area (Å²) < 4.78 is 21.8. The van der Waals surface area contributed by atoms with Crippen molar-refractivity contribution >= 4 is 12.3 Å². The Morgan fingerprint density at radius 3 is 2.58 bits per heavy atom. The molecular formula is C13H14O6. The molecule has 0 aromatic heterocycles. The monoisotopic (exact) mass is 266 g/mol. The lowest BCUT2D eigenvalue weighted by molar-refractivity contribution is -0.437. The zero-order valence-electron chi connectivity index (χ0n) is 10.5. The van der Waals surface area contributed by atoms with Gasteiger partial charge in [-0.15, -0.1) is 0 Å². The molecule has 6 nitrogen and oxygen atoms in total. The van der Waals surface area contributed by atoms with Crippen LogP contribution in [0.2, 0.25) is 0 Å². The van der Waals surface area contributed by atoms with Crippen LogP contribution < -0.4 is 0 Å². The van der Waals surface area contributed by atoms with Crippen LogP contribution in [0.5, 0.6) is 0 Å². The fourth-order valence-electron chi connectivity index (χ4n) is 5.60. The molecule has 4 aliphatic carbocycles. The number of rotatable bonds is 0. The van der Waals surface area contributed by atoms with Gasteiger partial charge in [0.05, 0.1) is 5.41 Å². The van der Waals surface area contributed by atoms with E-state index in [0.717, 1.165) is 19.3 Å². The molecule has 2 aliphatic heterocycles. The first-order valence-corrected chi connectivity index (χ1v) is 6.80. The molecule has 2 spiro atoms. The lowest BCUT2D eigenvalue weighted by Gasteiger charge is -2.69. The molecule has 19 heavy (non-hydrogen) atoms. The minimum absolute atomic E-state index is 0.281. The van der Waals surface area contributed by atoms with E-state index in [9.17, 15) is 9.59 Å². The van der Waals surface area contributed by atoms with E-state index in [1.807, 2.05) is 0 Å². The van der Waals surface area contributed by atoms with Gasteiger partial charge in [-0.05, 0) is 25.2 Å². The lowest BCUT2D eigenvalue weighted by Crippen LogP contribution is -2.83. The molecule has 0 amide bonds. The van der Waals surface area contributed by atoms with Crippen LogP contribution in [0, 0.1) is 17.3 Å². The van der Waals surface area contributed by atoms with Crippen molar-refractivity contribution in [2.24, 2.45) is 17.3 Å². The largest absolute Gasteiger partial charge is 0.515 e. The first-order valence-electron chi connectivity index (χ1n) is 6.80. The summed E-state index contributed by atoms with van der Waals surface area (Å²) in [6.07, 6.45) is 1.85. The number of carbonyl (C=O) groups is 2. The Balaban J connectivity index is 1.73. The summed E-state index contributed by atoms with van der Waals surface area (Å²) in [7, 11) is 0. The maximum atomic E-state index is 11.6. The molecule has 4 saturated carbocycles. The molecule has 5 unspecified atom stereocenters. The van der Waals surface area contributed by atoms with E-state index >= 15 is 0 Å². The van der Waals surface area contributed by atoms with E-state index in [1.54, 1.807) is 0 Å². The van der Waals surface area contributed by atoms with Crippen molar-refractivity contribution in [3.63, 3.8) is 0 Å². The third-order valence-electron chi connectivity index (χ3n) is 5.86. The quantitative estimate of drug-likeness (QED) is 0.624. The zero-order chi connectivity index (χ0) is 13.0. The van der Waals surface area contributed by atoms with Crippen molar-refractivity contribution in [3.8, 4) is 0 Å². The Kier molecular flexibility index (Phi) is 1.39. The van der Waals surface area contributed by atoms with Crippen LogP contribution in [0.1, 0.15) is 32.6 Å². The van der Waals surface area contributed by atoms with Gasteiger partial charge in [0.1, 0.15) is 0 Å². The van der Waals surface area contributed by atoms with Crippen molar-refractivity contribution < 1.29 is 28.5 Å². The van der Waals surface area contributed by atoms with Gasteiger partial charge in [-0.25, -0.2) is 9.59 Å². The molecule has 6 fully saturated rings. The van der Waals surface area contributed by atoms with Gasteiger partial charge in [0.15, 0.2) is 6.10 Å². The van der Waals surface area contributed by atoms with E-state index in [1.165, 1.54) is 0 Å². The summed E-state index contributed by atoms with van der Waals surface area (Å²) in [6.45, 7) is 2.07. The second kappa shape index (κ2) is 2.55. The molecular weight excluding hydrogens is 252 g/mol. The van der Waals surface area contributed by atoms with Gasteiger partial charge in [0, 0.05) is 12.3 Å². The fourth-order valence-corrected chi connectivity index (χ4v) is 5.60. The minimum Gasteiger partial charge on any atom is -0.426 e. The molecule has 4 bridgehead atoms. The SMILES string of the molecule is CC12CC3CC(C1)C1OC(=O)OC1(C3)C21OC(=O)O1. The minimum atomic E-state index is -1.12. The number of carbonyl (C=O) groups excluding carboxylic acids is 2. The van der Waals surface area contributed by atoms with Crippen LogP contribution in [-0.2, 0) is 18.9 Å². The van der Waals surface area contributed by atoms with Crippen LogP contribution in [0.25, 0.3) is 0 Å². The molecule has 2 saturated heterocycles. The number of hydrogen-bond donors (Lipinski definition) is 0. The first kappa shape index (κ1) is 10.3. The standard InChI is InChI=1S/C13H14O6/c1-11-3-6-2-7(5-11)8-12(4-6,17-9(14)16-8)13(11)18-10(15)19-13/h6-8H,2-5H2,1H3. The maximum Gasteiger partial charge on any atom is 0.515 e. The Bertz CT molecular complexity index is 521. The maximum absolute atomic E-state index is 11.6. The van der Waals surface area contributed by atoms with Gasteiger partial charge in [0.2, 0.25) is 5.60 Å². The first-order chi connectivity index (χ1) is 8.98. The molecule has 2 heterocycles. The highest BCUT2D eigenvalue weighted by molar-refractivity contribution is 5.70. The summed E-state index contributed by atoms with van der Waals surface area (Å²) >= 11 is 0. The summed E-state index contributed by atoms with van der Waals surface area (Å²) in [6, 6.07) is 0. The second-order valence-corrected chi connectivity index (χ2v) is 6.89. The van der Waals surface area contributed by atoms with E-state index in [0.29, 0.717) is 12.3 Å². The molecule has 0 radical (unpaired) electrons. The van der Waals surface area contributed by atoms with Gasteiger partial charge in [0.25, 0.3) is 0 Å². The summed E-state index contributed by atoms with van der Waals surface area (Å²) in [5.74, 6) is -0.345. The Morgan fingerprint density at radius 2 is 1.84 bits per heavy atom. The average molecular weight is 266 g/mol. The van der Waals surface area contributed by atoms with Crippen LogP contribution in [0.15, 0.2) is 0 Å². The topological polar surface area (TPSA) is 71.1 Å². The van der Waals surface area contributed by atoms with Crippen LogP contribution >= 0.6 is 0 Å². The summed E-state index contributed by atoms with van der Waals surface area (Å²) in [5, 5.41) is 0. The van der Waals surface area contributed by atoms with E-state index < -0.39 is 23.7 Å². The number of ether oxygens (including phenoxy) is 4. The Labute approximate surface area is 109 Å². The Morgan fingerprint density at radius 1 is 1.05 bits per heavy atom. The highest BCUT2D eigenvalue weighted by Crippen LogP contribution is 2.72. The predicted molar refractivity (Wildman–Crippen MR) is 57.9 cm³/mol. The smallest absolute Gasteiger partial charge is 0.426 e. The lowest BCUT2D eigenvalue weighted by atomic mass is 9.44. The molecule has 0 N–H and O–H groups in total. The molecule has 6 rings (SSSR count). The molecule has 6 heteroatoms. The second-order valence-electron chi connectivity index (χ2n) is 6.89. The van der Waals surface area contributed by atoms with Crippen molar-refractivity contribution in [1.29, 1.82) is 0 Å². The molecule has 6 aliphatic rings. The van der Waals surface area contributed by atoms with Crippen molar-refractivity contribution in [2.75, 3.05) is 0 Å².